The summed E-state index contributed by atoms with van der Waals surface area (Å²) in [5, 5.41) is 0. The van der Waals surface area contributed by atoms with Crippen LogP contribution in [0.3, 0.4) is 0 Å². The second-order valence-corrected chi connectivity index (χ2v) is 8.08. The van der Waals surface area contributed by atoms with Crippen molar-refractivity contribution in [2.24, 2.45) is 0 Å². The minimum Gasteiger partial charge on any atom is -0.746 e. The summed E-state index contributed by atoms with van der Waals surface area (Å²) in [6, 6.07) is 0. The standard InChI is InChI=1S/C12H5F21O3S.Na/c13-1(3(15)16)2(14)5(18,19)7(22,23)9(26,27)11(30,31)12(32,33)10(28,29)8(24,25)6(20,21)4(17)37(34,35)36;/h1-4H,(H,34,35,36);/q;+1/p-1. The minimum absolute atomic E-state index is 0. The van der Waals surface area contributed by atoms with Crippen molar-refractivity contribution in [1.82, 2.24) is 0 Å². The van der Waals surface area contributed by atoms with Gasteiger partial charge in [0, 0.05) is 0 Å². The van der Waals surface area contributed by atoms with E-state index in [0.29, 0.717) is 0 Å². The molecule has 0 saturated heterocycles. The molecule has 0 aromatic rings. The van der Waals surface area contributed by atoms with Gasteiger partial charge >= 0.3 is 76.9 Å². The van der Waals surface area contributed by atoms with E-state index < -0.39 is 81.8 Å². The molecule has 38 heavy (non-hydrogen) atoms. The van der Waals surface area contributed by atoms with Gasteiger partial charge in [-0.25, -0.2) is 30.4 Å². The van der Waals surface area contributed by atoms with Crippen LogP contribution in [-0.2, 0) is 10.1 Å². The van der Waals surface area contributed by atoms with Gasteiger partial charge in [0.05, 0.1) is 0 Å². The summed E-state index contributed by atoms with van der Waals surface area (Å²) in [7, 11) is -7.60. The van der Waals surface area contributed by atoms with Crippen molar-refractivity contribution in [3.63, 3.8) is 0 Å². The minimum atomic E-state index is -9.22. The van der Waals surface area contributed by atoms with Gasteiger partial charge in [0.15, 0.2) is 6.17 Å². The maximum absolute atomic E-state index is 13.5. The zero-order valence-electron chi connectivity index (χ0n) is 16.9. The zero-order chi connectivity index (χ0) is 30.8. The van der Waals surface area contributed by atoms with E-state index in [-0.39, 0.29) is 29.6 Å². The van der Waals surface area contributed by atoms with Gasteiger partial charge < -0.3 is 4.55 Å². The van der Waals surface area contributed by atoms with Gasteiger partial charge in [-0.3, -0.25) is 0 Å². The number of hydrogen-bond acceptors (Lipinski definition) is 3. The molecule has 224 valence electrons. The van der Waals surface area contributed by atoms with Crippen molar-refractivity contribution in [2.45, 2.75) is 71.7 Å². The van der Waals surface area contributed by atoms with Gasteiger partial charge in [0.2, 0.25) is 6.17 Å². The molecule has 3 nitrogen and oxygen atoms in total. The SMILES string of the molecule is O=S(=O)([O-])C(F)C(F)(F)C(F)(F)C(F)(F)C(F)(F)C(F)(F)C(F)(F)C(F)(F)C(F)(F)C(F)C(F)C(F)F.[Na+]. The maximum atomic E-state index is 13.5. The number of hydrogen-bond donors (Lipinski definition) is 0. The van der Waals surface area contributed by atoms with Crippen LogP contribution in [0.15, 0.2) is 0 Å². The number of alkyl halides is 21. The molecule has 0 radical (unpaired) electrons. The summed E-state index contributed by atoms with van der Waals surface area (Å²) in [6.45, 7) is 0. The molecule has 0 aromatic carbocycles. The average molecular weight is 650 g/mol. The Labute approximate surface area is 216 Å². The normalized spacial score (nSPS) is 18.2. The third-order valence-corrected chi connectivity index (χ3v) is 5.02. The summed E-state index contributed by atoms with van der Waals surface area (Å²) in [6.07, 6.45) is -16.5. The molecule has 0 aromatic heterocycles. The second-order valence-electron chi connectivity index (χ2n) is 6.68. The summed E-state index contributed by atoms with van der Waals surface area (Å²) in [5.41, 5.74) is -6.25. The number of rotatable bonds is 12. The van der Waals surface area contributed by atoms with Crippen molar-refractivity contribution in [1.29, 1.82) is 0 Å². The molecule has 0 N–H and O–H groups in total. The molecule has 0 heterocycles. The maximum Gasteiger partial charge on any atom is 1.00 e. The fourth-order valence-corrected chi connectivity index (χ4v) is 2.54. The Bertz CT molecular complexity index is 934. The Morgan fingerprint density at radius 1 is 0.474 bits per heavy atom. The van der Waals surface area contributed by atoms with Crippen molar-refractivity contribution < 1.29 is 135 Å². The third-order valence-electron chi connectivity index (χ3n) is 4.21. The molecule has 0 rings (SSSR count). The Morgan fingerprint density at radius 2 is 0.711 bits per heavy atom. The van der Waals surface area contributed by atoms with Crippen molar-refractivity contribution in [3.05, 3.63) is 0 Å². The van der Waals surface area contributed by atoms with Crippen LogP contribution in [0.1, 0.15) is 0 Å². The predicted molar refractivity (Wildman–Crippen MR) is 70.0 cm³/mol. The third kappa shape index (κ3) is 5.37. The van der Waals surface area contributed by atoms with Crippen LogP contribution in [0.25, 0.3) is 0 Å². The first-order valence-corrected chi connectivity index (χ1v) is 9.32. The Hall–Kier alpha value is -0.560. The van der Waals surface area contributed by atoms with E-state index in [1.165, 1.54) is 0 Å². The van der Waals surface area contributed by atoms with Gasteiger partial charge in [-0.05, 0) is 0 Å². The molecule has 26 heteroatoms. The van der Waals surface area contributed by atoms with Crippen molar-refractivity contribution in [3.8, 4) is 0 Å². The van der Waals surface area contributed by atoms with Gasteiger partial charge in [-0.2, -0.15) is 70.2 Å². The summed E-state index contributed by atoms with van der Waals surface area (Å²) in [5.74, 6) is -70.1. The zero-order valence-corrected chi connectivity index (χ0v) is 19.7. The molecule has 0 aliphatic heterocycles. The summed E-state index contributed by atoms with van der Waals surface area (Å²) in [4.78, 5) is 0. The fourth-order valence-electron chi connectivity index (χ4n) is 2.03. The fraction of sp³-hybridized carbons (Fsp3) is 1.00. The van der Waals surface area contributed by atoms with Crippen LogP contribution in [0.5, 0.6) is 0 Å². The first-order valence-electron chi connectivity index (χ1n) is 7.84. The van der Waals surface area contributed by atoms with Crippen molar-refractivity contribution in [2.75, 3.05) is 0 Å². The first kappa shape index (κ1) is 39.6. The van der Waals surface area contributed by atoms with Gasteiger partial charge in [-0.1, -0.05) is 0 Å². The Kier molecular flexibility index (Phi) is 11.1. The van der Waals surface area contributed by atoms with Crippen LogP contribution >= 0.6 is 0 Å². The Morgan fingerprint density at radius 3 is 0.947 bits per heavy atom. The van der Waals surface area contributed by atoms with Gasteiger partial charge in [-0.15, -0.1) is 0 Å². The number of halogens is 21. The van der Waals surface area contributed by atoms with Crippen LogP contribution < -0.4 is 29.6 Å². The quantitative estimate of drug-likeness (QED) is 0.186. The molecule has 0 aliphatic carbocycles. The van der Waals surface area contributed by atoms with E-state index in [1.807, 2.05) is 0 Å². The second kappa shape index (κ2) is 10.7. The molecular formula is C12H4F21NaO3S. The topological polar surface area (TPSA) is 57.2 Å². The molecule has 0 amide bonds. The average Bonchev–Trinajstić information content (AvgIpc) is 2.69. The molecule has 0 fully saturated rings. The van der Waals surface area contributed by atoms with E-state index in [0.717, 1.165) is 0 Å². The molecule has 0 saturated carbocycles. The summed E-state index contributed by atoms with van der Waals surface area (Å²) < 4.78 is 306. The van der Waals surface area contributed by atoms with Gasteiger partial charge in [0.25, 0.3) is 11.9 Å². The molecule has 0 aliphatic rings. The van der Waals surface area contributed by atoms with E-state index in [2.05, 4.69) is 0 Å². The van der Waals surface area contributed by atoms with Gasteiger partial charge in [0.1, 0.15) is 10.1 Å². The monoisotopic (exact) mass is 650 g/mol. The van der Waals surface area contributed by atoms with Crippen LogP contribution in [-0.4, -0.2) is 84.6 Å². The molecular weight excluding hydrogens is 646 g/mol. The van der Waals surface area contributed by atoms with Crippen LogP contribution in [0.4, 0.5) is 92.2 Å². The largest absolute Gasteiger partial charge is 1.00 e. The van der Waals surface area contributed by atoms with Crippen LogP contribution in [0, 0.1) is 0 Å². The van der Waals surface area contributed by atoms with E-state index in [9.17, 15) is 105 Å². The Balaban J connectivity index is 0. The van der Waals surface area contributed by atoms with E-state index >= 15 is 0 Å². The molecule has 3 atom stereocenters. The molecule has 0 spiro atoms. The first-order chi connectivity index (χ1) is 15.7. The molecule has 0 bridgehead atoms. The molecule has 3 unspecified atom stereocenters. The van der Waals surface area contributed by atoms with E-state index in [1.54, 1.807) is 0 Å². The van der Waals surface area contributed by atoms with Crippen LogP contribution in [0.2, 0.25) is 0 Å². The van der Waals surface area contributed by atoms with E-state index in [4.69, 9.17) is 0 Å². The smallest absolute Gasteiger partial charge is 0.746 e. The predicted octanol–water partition coefficient (Wildman–Crippen LogP) is 2.85. The summed E-state index contributed by atoms with van der Waals surface area (Å²) >= 11 is 0. The van der Waals surface area contributed by atoms with Crippen molar-refractivity contribution >= 4 is 10.1 Å².